The zero-order valence-electron chi connectivity index (χ0n) is 31.7. The van der Waals surface area contributed by atoms with Gasteiger partial charge in [-0.15, -0.1) is 0 Å². The second-order valence-corrected chi connectivity index (χ2v) is 15.0. The lowest BCUT2D eigenvalue weighted by atomic mass is 9.83. The van der Waals surface area contributed by atoms with E-state index in [1.807, 2.05) is 51.1 Å². The van der Waals surface area contributed by atoms with Gasteiger partial charge in [0.1, 0.15) is 28.6 Å². The minimum absolute atomic E-state index is 0.00612. The molecular weight excluding hydrogens is 706 g/mol. The third-order valence-corrected chi connectivity index (χ3v) is 6.91. The van der Waals surface area contributed by atoms with Crippen LogP contribution in [0.25, 0.3) is 0 Å². The molecule has 0 aliphatic carbocycles. The monoisotopic (exact) mass is 752 g/mol. The van der Waals surface area contributed by atoms with Crippen LogP contribution in [0.15, 0.2) is 71.7 Å². The van der Waals surface area contributed by atoms with Gasteiger partial charge >= 0.3 is 24.3 Å². The Morgan fingerprint density at radius 3 is 1.69 bits per heavy atom. The quantitative estimate of drug-likeness (QED) is 0.0950. The number of carbonyl (C=O) groups excluding carboxylic acids is 6. The molecule has 0 fully saturated rings. The van der Waals surface area contributed by atoms with Crippen LogP contribution in [0.2, 0.25) is 0 Å². The molecule has 290 valence electrons. The highest BCUT2D eigenvalue weighted by Crippen LogP contribution is 2.25. The van der Waals surface area contributed by atoms with Crippen LogP contribution in [0.5, 0.6) is 5.75 Å². The van der Waals surface area contributed by atoms with Crippen molar-refractivity contribution in [2.45, 2.75) is 92.4 Å². The summed E-state index contributed by atoms with van der Waals surface area (Å²) in [6.45, 7) is 15.9. The lowest BCUT2D eigenvalue weighted by Crippen LogP contribution is -2.47. The Bertz CT molecular complexity index is 1780. The number of esters is 1. The number of aliphatic imine (C=N–C) groups is 1. The molecule has 15 heteroatoms. The summed E-state index contributed by atoms with van der Waals surface area (Å²) < 4.78 is 45.8. The summed E-state index contributed by atoms with van der Waals surface area (Å²) in [7, 11) is 0. The first-order valence-electron chi connectivity index (χ1n) is 16.7. The summed E-state index contributed by atoms with van der Waals surface area (Å²) in [5, 5.41) is 7.61. The van der Waals surface area contributed by atoms with Crippen molar-refractivity contribution in [2.24, 2.45) is 10.4 Å². The first-order valence-corrected chi connectivity index (χ1v) is 16.7. The number of nitrogens with zero attached hydrogens (tertiary/aromatic N) is 1. The molecule has 0 aromatic heterocycles. The van der Waals surface area contributed by atoms with E-state index >= 15 is 8.78 Å². The molecule has 3 rings (SSSR count). The van der Waals surface area contributed by atoms with Crippen molar-refractivity contribution in [1.82, 2.24) is 16.0 Å². The van der Waals surface area contributed by atoms with Crippen LogP contribution in [0.1, 0.15) is 83.8 Å². The standard InChI is InChI=1S/C38H46F2N4O7.CO2/c1-36(2,3)30(19-23-13-11-10-12-14-23)42-31(45)22-27-28(39)20-26(21-29(27)40)49-32(46)24-15-17-25(18-16-24)41-33(43-34(47)50-37(4,5)6)44-35(48)51-38(7,8)9;2-1-3/h10-18,20-21,30H,19,22H2,1-9H3,(H,42,45)(H2,41,43,44,47,48);/t30-;/m0./s1. The van der Waals surface area contributed by atoms with Crippen molar-refractivity contribution in [3.05, 3.63) is 95.1 Å². The van der Waals surface area contributed by atoms with Gasteiger partial charge in [0.2, 0.25) is 11.9 Å². The Morgan fingerprint density at radius 1 is 0.759 bits per heavy atom. The predicted molar refractivity (Wildman–Crippen MR) is 194 cm³/mol. The number of amides is 3. The molecule has 0 unspecified atom stereocenters. The van der Waals surface area contributed by atoms with Crippen LogP contribution in [0.3, 0.4) is 0 Å². The molecule has 0 saturated heterocycles. The highest BCUT2D eigenvalue weighted by atomic mass is 19.1. The largest absolute Gasteiger partial charge is 0.444 e. The maximum atomic E-state index is 15.1. The van der Waals surface area contributed by atoms with Gasteiger partial charge in [0.05, 0.1) is 17.7 Å². The fourth-order valence-corrected chi connectivity index (χ4v) is 4.49. The van der Waals surface area contributed by atoms with Crippen LogP contribution in [-0.2, 0) is 36.7 Å². The molecule has 3 amide bonds. The number of ether oxygens (including phenoxy) is 3. The van der Waals surface area contributed by atoms with E-state index in [1.165, 1.54) is 24.3 Å². The van der Waals surface area contributed by atoms with Gasteiger partial charge < -0.3 is 19.5 Å². The highest BCUT2D eigenvalue weighted by Gasteiger charge is 2.28. The maximum Gasteiger partial charge on any atom is 0.414 e. The van der Waals surface area contributed by atoms with E-state index < -0.39 is 64.6 Å². The Labute approximate surface area is 312 Å². The van der Waals surface area contributed by atoms with Crippen LogP contribution in [-0.4, -0.2) is 53.4 Å². The van der Waals surface area contributed by atoms with Gasteiger partial charge in [-0.05, 0) is 83.2 Å². The summed E-state index contributed by atoms with van der Waals surface area (Å²) in [5.74, 6) is -4.28. The van der Waals surface area contributed by atoms with E-state index in [0.717, 1.165) is 17.7 Å². The topological polar surface area (TPSA) is 179 Å². The van der Waals surface area contributed by atoms with Crippen molar-refractivity contribution in [1.29, 1.82) is 0 Å². The Morgan fingerprint density at radius 2 is 1.24 bits per heavy atom. The van der Waals surface area contributed by atoms with Crippen molar-refractivity contribution in [3.63, 3.8) is 0 Å². The van der Waals surface area contributed by atoms with Gasteiger partial charge in [-0.2, -0.15) is 9.59 Å². The Kier molecular flexibility index (Phi) is 15.7. The zero-order valence-corrected chi connectivity index (χ0v) is 31.7. The second-order valence-electron chi connectivity index (χ2n) is 15.0. The number of alkyl carbamates (subject to hydrolysis) is 2. The summed E-state index contributed by atoms with van der Waals surface area (Å²) >= 11 is 0. The third-order valence-electron chi connectivity index (χ3n) is 6.91. The second kappa shape index (κ2) is 19.2. The van der Waals surface area contributed by atoms with Gasteiger partial charge in [0.25, 0.3) is 0 Å². The molecule has 0 saturated carbocycles. The van der Waals surface area contributed by atoms with E-state index in [1.54, 1.807) is 41.5 Å². The van der Waals surface area contributed by atoms with E-state index in [9.17, 15) is 19.2 Å². The van der Waals surface area contributed by atoms with Gasteiger partial charge in [-0.1, -0.05) is 51.1 Å². The van der Waals surface area contributed by atoms with Crippen molar-refractivity contribution < 1.29 is 51.8 Å². The molecule has 0 heterocycles. The smallest absolute Gasteiger partial charge is 0.414 e. The SMILES string of the molecule is CC(C)(C)OC(=O)NC(=Nc1ccc(C(=O)Oc2cc(F)c(CC(=O)N[C@@H](Cc3ccccc3)C(C)(C)C)c(F)c2)cc1)NC(=O)OC(C)(C)C.O=C=O. The first kappa shape index (κ1) is 44.2. The number of halogens is 2. The van der Waals surface area contributed by atoms with Gasteiger partial charge in [-0.25, -0.2) is 28.2 Å². The molecule has 0 radical (unpaired) electrons. The number of hydrogen-bond acceptors (Lipinski definition) is 10. The van der Waals surface area contributed by atoms with Crippen LogP contribution in [0, 0.1) is 17.0 Å². The molecule has 0 aliphatic heterocycles. The molecule has 3 aromatic rings. The molecule has 0 spiro atoms. The average Bonchev–Trinajstić information content (AvgIpc) is 3.01. The predicted octanol–water partition coefficient (Wildman–Crippen LogP) is 6.95. The van der Waals surface area contributed by atoms with E-state index in [2.05, 4.69) is 20.9 Å². The number of guanidine groups is 1. The van der Waals surface area contributed by atoms with Gasteiger partial charge in [0, 0.05) is 23.7 Å². The molecule has 0 bridgehead atoms. The van der Waals surface area contributed by atoms with E-state index in [0.29, 0.717) is 6.42 Å². The molecule has 0 aliphatic rings. The zero-order chi connectivity index (χ0) is 40.9. The minimum atomic E-state index is -1.05. The van der Waals surface area contributed by atoms with Crippen LogP contribution in [0.4, 0.5) is 24.1 Å². The summed E-state index contributed by atoms with van der Waals surface area (Å²) in [6, 6.07) is 16.4. The molecule has 13 nitrogen and oxygen atoms in total. The van der Waals surface area contributed by atoms with E-state index in [4.69, 9.17) is 23.8 Å². The van der Waals surface area contributed by atoms with Crippen molar-refractivity contribution >= 4 is 41.9 Å². The van der Waals surface area contributed by atoms with Crippen molar-refractivity contribution in [2.75, 3.05) is 0 Å². The number of hydrogen-bond donors (Lipinski definition) is 3. The van der Waals surface area contributed by atoms with Gasteiger partial charge in [-0.3, -0.25) is 15.4 Å². The molecular formula is C39H46F2N4O9. The third kappa shape index (κ3) is 16.2. The number of rotatable bonds is 8. The van der Waals surface area contributed by atoms with Crippen LogP contribution < -0.4 is 20.7 Å². The van der Waals surface area contributed by atoms with Crippen molar-refractivity contribution in [3.8, 4) is 5.75 Å². The minimum Gasteiger partial charge on any atom is -0.444 e. The average molecular weight is 753 g/mol. The molecule has 1 atom stereocenters. The molecule has 3 aromatic carbocycles. The normalized spacial score (nSPS) is 11.7. The highest BCUT2D eigenvalue weighted by molar-refractivity contribution is 6.02. The Hall–Kier alpha value is -5.95. The molecule has 54 heavy (non-hydrogen) atoms. The fourth-order valence-electron chi connectivity index (χ4n) is 4.49. The molecule has 3 N–H and O–H groups in total. The maximum absolute atomic E-state index is 15.1. The Balaban J connectivity index is 0.00000325. The lowest BCUT2D eigenvalue weighted by Gasteiger charge is -2.32. The first-order chi connectivity index (χ1) is 25.0. The van der Waals surface area contributed by atoms with Gasteiger partial charge in [0.15, 0.2) is 0 Å². The van der Waals surface area contributed by atoms with E-state index in [-0.39, 0.29) is 34.8 Å². The number of benzene rings is 3. The number of nitrogens with one attached hydrogen (secondary N) is 3. The van der Waals surface area contributed by atoms with Crippen LogP contribution >= 0.6 is 0 Å². The summed E-state index contributed by atoms with van der Waals surface area (Å²) in [6.07, 6.45) is -1.54. The summed E-state index contributed by atoms with van der Waals surface area (Å²) in [5.41, 5.74) is -1.24. The number of carbonyl (C=O) groups is 4. The lowest BCUT2D eigenvalue weighted by molar-refractivity contribution is -0.191. The summed E-state index contributed by atoms with van der Waals surface area (Å²) in [4.78, 5) is 70.9. The fraction of sp³-hybridized carbons (Fsp3) is 0.385.